The fraction of sp³-hybridized carbons (Fsp3) is 0.636. The molecule has 0 radical (unpaired) electrons. The number of nitrogens with zero attached hydrogens (tertiary/aromatic N) is 1. The molecule has 0 bridgehead atoms. The summed E-state index contributed by atoms with van der Waals surface area (Å²) in [6.07, 6.45) is 19.8. The van der Waals surface area contributed by atoms with Gasteiger partial charge in [-0.2, -0.15) is 0 Å². The van der Waals surface area contributed by atoms with Gasteiger partial charge in [0.25, 0.3) is 0 Å². The van der Waals surface area contributed by atoms with Crippen LogP contribution in [0.5, 0.6) is 5.75 Å². The molecular formula is C44H65NO9. The maximum atomic E-state index is 13.7. The molecule has 2 aromatic carbocycles. The summed E-state index contributed by atoms with van der Waals surface area (Å²) in [4.78, 5) is 52.5. The fourth-order valence-corrected chi connectivity index (χ4v) is 6.98. The highest BCUT2D eigenvalue weighted by Crippen LogP contribution is 2.29. The molecule has 54 heavy (non-hydrogen) atoms. The number of phenols is 1. The van der Waals surface area contributed by atoms with Crippen molar-refractivity contribution >= 4 is 29.2 Å². The molecule has 3 N–H and O–H groups in total. The lowest BCUT2D eigenvalue weighted by Crippen LogP contribution is -2.38. The maximum absolute atomic E-state index is 13.7. The first kappa shape index (κ1) is 44.6. The minimum absolute atomic E-state index is 0.00795. The highest BCUT2D eigenvalue weighted by Gasteiger charge is 2.46. The lowest BCUT2D eigenvalue weighted by atomic mass is 9.97. The zero-order valence-electron chi connectivity index (χ0n) is 32.8. The van der Waals surface area contributed by atoms with Crippen LogP contribution in [0.2, 0.25) is 0 Å². The number of hydrogen-bond acceptors (Lipinski definition) is 10. The van der Waals surface area contributed by atoms with Crippen LogP contribution in [0.1, 0.15) is 169 Å². The Morgan fingerprint density at radius 2 is 1.19 bits per heavy atom. The number of aliphatic hydroxyl groups excluding tert-OH is 2. The van der Waals surface area contributed by atoms with Gasteiger partial charge in [-0.1, -0.05) is 148 Å². The molecule has 1 saturated heterocycles. The second-order valence-electron chi connectivity index (χ2n) is 14.8. The summed E-state index contributed by atoms with van der Waals surface area (Å²) >= 11 is 0. The molecule has 2 aromatic rings. The summed E-state index contributed by atoms with van der Waals surface area (Å²) in [6.45, 7) is 5.50. The zero-order valence-corrected chi connectivity index (χ0v) is 32.8. The number of anilines is 1. The number of benzene rings is 2. The lowest BCUT2D eigenvalue weighted by molar-refractivity contribution is -0.151. The highest BCUT2D eigenvalue weighted by atomic mass is 16.6. The van der Waals surface area contributed by atoms with E-state index in [1.165, 1.54) is 115 Å². The molecule has 0 aromatic heterocycles. The van der Waals surface area contributed by atoms with Crippen LogP contribution in [0.3, 0.4) is 0 Å². The summed E-state index contributed by atoms with van der Waals surface area (Å²) in [5, 5.41) is 31.0. The van der Waals surface area contributed by atoms with Gasteiger partial charge < -0.3 is 29.7 Å². The van der Waals surface area contributed by atoms with Gasteiger partial charge in [0, 0.05) is 30.4 Å². The van der Waals surface area contributed by atoms with E-state index in [9.17, 15) is 34.5 Å². The molecule has 10 nitrogen and oxygen atoms in total. The number of hydrogen-bond donors (Lipinski definition) is 3. The van der Waals surface area contributed by atoms with E-state index in [1.54, 1.807) is 24.3 Å². The topological polar surface area (TPSA) is 151 Å². The molecule has 1 heterocycles. The Hall–Kier alpha value is -3.76. The van der Waals surface area contributed by atoms with Gasteiger partial charge in [-0.25, -0.2) is 9.59 Å². The van der Waals surface area contributed by atoms with Gasteiger partial charge in [-0.15, -0.1) is 0 Å². The van der Waals surface area contributed by atoms with Crippen LogP contribution in [-0.4, -0.2) is 76.8 Å². The van der Waals surface area contributed by atoms with Crippen molar-refractivity contribution in [3.05, 3.63) is 59.2 Å². The third-order valence-electron chi connectivity index (χ3n) is 10.3. The van der Waals surface area contributed by atoms with Gasteiger partial charge in [0.2, 0.25) is 11.9 Å². The second kappa shape index (κ2) is 25.3. The van der Waals surface area contributed by atoms with Crippen LogP contribution in [0, 0.1) is 0 Å². The number of rotatable bonds is 29. The molecule has 0 saturated carbocycles. The summed E-state index contributed by atoms with van der Waals surface area (Å²) in [5.74, 6) is -3.93. The molecule has 10 heteroatoms. The Balaban J connectivity index is 1.60. The smallest absolute Gasteiger partial charge is 0.343 e. The quantitative estimate of drug-likeness (QED) is 0.0319. The SMILES string of the molecule is CCCCCCCCCCCCN(CCCCCCCCCCCC)c1ccc(C(=O)c2ccccc2C(=O)OCC(O)C2OC(=O)C(O)C2=O)c(O)c1. The number of phenolic OH excluding ortho intramolecular Hbond substituents is 1. The Morgan fingerprint density at radius 3 is 1.65 bits per heavy atom. The molecule has 0 amide bonds. The third kappa shape index (κ3) is 14.8. The van der Waals surface area contributed by atoms with E-state index in [0.717, 1.165) is 44.5 Å². The average molecular weight is 752 g/mol. The van der Waals surface area contributed by atoms with Crippen molar-refractivity contribution < 1.29 is 44.0 Å². The standard InChI is InChI=1S/C44H65NO9/c1-3-5-7-9-11-13-15-17-19-23-29-45(30-24-20-18-16-14-12-10-8-6-4-2)33-27-28-36(37(46)31-33)39(48)34-25-21-22-26-35(34)43(51)53-32-38(47)42-40(49)41(50)44(52)54-42/h21-22,25-28,31,38,41-42,46-47,50H,3-20,23-24,29-30,32H2,1-2H3. The van der Waals surface area contributed by atoms with Crippen LogP contribution in [0.25, 0.3) is 0 Å². The van der Waals surface area contributed by atoms with Crippen molar-refractivity contribution in [2.45, 2.75) is 161 Å². The number of carbonyl (C=O) groups excluding carboxylic acids is 4. The Labute approximate surface area is 322 Å². The van der Waals surface area contributed by atoms with E-state index < -0.39 is 48.4 Å². The largest absolute Gasteiger partial charge is 0.507 e. The van der Waals surface area contributed by atoms with Gasteiger partial charge in [0.15, 0.2) is 11.9 Å². The van der Waals surface area contributed by atoms with Gasteiger partial charge in [0.05, 0.1) is 11.1 Å². The fourth-order valence-electron chi connectivity index (χ4n) is 6.98. The summed E-state index contributed by atoms with van der Waals surface area (Å²) in [7, 11) is 0. The number of esters is 2. The zero-order chi connectivity index (χ0) is 39.1. The van der Waals surface area contributed by atoms with E-state index in [0.29, 0.717) is 0 Å². The average Bonchev–Trinajstić information content (AvgIpc) is 3.44. The molecule has 1 aliphatic rings. The molecule has 0 aliphatic carbocycles. The predicted octanol–water partition coefficient (Wildman–Crippen LogP) is 8.64. The minimum atomic E-state index is -2.00. The molecule has 300 valence electrons. The van der Waals surface area contributed by atoms with E-state index in [4.69, 9.17) is 4.74 Å². The van der Waals surface area contributed by atoms with Crippen molar-refractivity contribution in [2.24, 2.45) is 0 Å². The van der Waals surface area contributed by atoms with Crippen molar-refractivity contribution in [2.75, 3.05) is 24.6 Å². The number of aliphatic hydroxyl groups is 2. The number of carbonyl (C=O) groups is 4. The minimum Gasteiger partial charge on any atom is -0.507 e. The first-order valence-corrected chi connectivity index (χ1v) is 20.7. The van der Waals surface area contributed by atoms with Crippen molar-refractivity contribution in [1.82, 2.24) is 0 Å². The Bertz CT molecular complexity index is 1420. The number of cyclic esters (lactones) is 1. The normalized spacial score (nSPS) is 16.0. The number of ketones is 2. The van der Waals surface area contributed by atoms with Crippen molar-refractivity contribution in [1.29, 1.82) is 0 Å². The summed E-state index contributed by atoms with van der Waals surface area (Å²) in [5.41, 5.74) is 0.780. The third-order valence-corrected chi connectivity index (χ3v) is 10.3. The lowest BCUT2D eigenvalue weighted by Gasteiger charge is -2.26. The number of aromatic hydroxyl groups is 1. The molecule has 3 rings (SSSR count). The molecule has 1 fully saturated rings. The first-order valence-electron chi connectivity index (χ1n) is 20.7. The van der Waals surface area contributed by atoms with E-state index in [2.05, 4.69) is 23.5 Å². The van der Waals surface area contributed by atoms with E-state index in [1.807, 2.05) is 6.07 Å². The van der Waals surface area contributed by atoms with Crippen LogP contribution in [0.15, 0.2) is 42.5 Å². The molecule has 3 unspecified atom stereocenters. The van der Waals surface area contributed by atoms with Crippen LogP contribution < -0.4 is 4.90 Å². The first-order chi connectivity index (χ1) is 26.2. The maximum Gasteiger partial charge on any atom is 0.343 e. The molecule has 0 spiro atoms. The van der Waals surface area contributed by atoms with Crippen LogP contribution in [-0.2, 0) is 19.1 Å². The van der Waals surface area contributed by atoms with Crippen LogP contribution in [0.4, 0.5) is 5.69 Å². The molecular weight excluding hydrogens is 686 g/mol. The summed E-state index contributed by atoms with van der Waals surface area (Å²) < 4.78 is 9.86. The highest BCUT2D eigenvalue weighted by molar-refractivity contribution is 6.15. The monoisotopic (exact) mass is 751 g/mol. The van der Waals surface area contributed by atoms with Crippen molar-refractivity contribution in [3.8, 4) is 5.75 Å². The van der Waals surface area contributed by atoms with Gasteiger partial charge in [0.1, 0.15) is 18.5 Å². The Morgan fingerprint density at radius 1 is 0.704 bits per heavy atom. The number of Topliss-reactive ketones (excluding diaryl/α,β-unsaturated/α-hetero) is 1. The molecule has 3 atom stereocenters. The second-order valence-corrected chi connectivity index (χ2v) is 14.8. The van der Waals surface area contributed by atoms with E-state index >= 15 is 0 Å². The number of ether oxygens (including phenoxy) is 2. The van der Waals surface area contributed by atoms with Crippen molar-refractivity contribution in [3.63, 3.8) is 0 Å². The Kier molecular flexibility index (Phi) is 20.9. The van der Waals surface area contributed by atoms with E-state index in [-0.39, 0.29) is 22.4 Å². The summed E-state index contributed by atoms with van der Waals surface area (Å²) in [6, 6.07) is 11.0. The van der Waals surface area contributed by atoms with Gasteiger partial charge >= 0.3 is 11.9 Å². The van der Waals surface area contributed by atoms with Gasteiger partial charge in [-0.05, 0) is 31.0 Å². The molecule has 1 aliphatic heterocycles. The number of unbranched alkanes of at least 4 members (excludes halogenated alkanes) is 18. The van der Waals surface area contributed by atoms with Crippen LogP contribution >= 0.6 is 0 Å². The predicted molar refractivity (Wildman–Crippen MR) is 211 cm³/mol. The van der Waals surface area contributed by atoms with Gasteiger partial charge in [-0.3, -0.25) is 9.59 Å².